The van der Waals surface area contributed by atoms with Crippen LogP contribution in [0.4, 0.5) is 0 Å². The molecule has 110 valence electrons. The largest absolute Gasteiger partial charge is 0.354 e. The standard InChI is InChI=1S/C15H23N3O2/c1-5-12-13(11(4)19)10(3)17-14(12)15(20)18-7-6-16-8-9(18)2/h9,16-17H,5-8H2,1-4H3. The molecule has 0 radical (unpaired) electrons. The van der Waals surface area contributed by atoms with Crippen molar-refractivity contribution in [3.63, 3.8) is 0 Å². The minimum Gasteiger partial charge on any atom is -0.354 e. The van der Waals surface area contributed by atoms with Gasteiger partial charge in [-0.3, -0.25) is 9.59 Å². The maximum atomic E-state index is 12.7. The first-order valence-corrected chi connectivity index (χ1v) is 7.21. The van der Waals surface area contributed by atoms with Gasteiger partial charge in [0.2, 0.25) is 0 Å². The molecule has 2 rings (SSSR count). The highest BCUT2D eigenvalue weighted by Crippen LogP contribution is 2.22. The molecule has 0 bridgehead atoms. The van der Waals surface area contributed by atoms with Crippen LogP contribution in [0.1, 0.15) is 52.9 Å². The van der Waals surface area contributed by atoms with Crippen LogP contribution < -0.4 is 5.32 Å². The molecule has 1 atom stereocenters. The second kappa shape index (κ2) is 5.79. The Labute approximate surface area is 119 Å². The van der Waals surface area contributed by atoms with Gasteiger partial charge < -0.3 is 15.2 Å². The molecule has 1 saturated heterocycles. The van der Waals surface area contributed by atoms with Crippen LogP contribution in [0, 0.1) is 6.92 Å². The molecule has 1 amide bonds. The topological polar surface area (TPSA) is 65.2 Å². The third-order valence-electron chi connectivity index (χ3n) is 3.97. The van der Waals surface area contributed by atoms with E-state index in [1.54, 1.807) is 6.92 Å². The Hall–Kier alpha value is -1.62. The summed E-state index contributed by atoms with van der Waals surface area (Å²) in [6.07, 6.45) is 0.681. The van der Waals surface area contributed by atoms with E-state index in [2.05, 4.69) is 10.3 Å². The summed E-state index contributed by atoms with van der Waals surface area (Å²) in [6, 6.07) is 0.172. The van der Waals surface area contributed by atoms with Crippen molar-refractivity contribution in [2.75, 3.05) is 19.6 Å². The van der Waals surface area contributed by atoms with E-state index in [-0.39, 0.29) is 17.7 Å². The number of carbonyl (C=O) groups excluding carboxylic acids is 2. The molecule has 1 fully saturated rings. The van der Waals surface area contributed by atoms with Gasteiger partial charge in [-0.15, -0.1) is 0 Å². The minimum absolute atomic E-state index is 0.00597. The predicted octanol–water partition coefficient (Wildman–Crippen LogP) is 1.52. The van der Waals surface area contributed by atoms with Crippen LogP contribution >= 0.6 is 0 Å². The molecule has 1 aliphatic heterocycles. The van der Waals surface area contributed by atoms with Gasteiger partial charge in [-0.25, -0.2) is 0 Å². The highest BCUT2D eigenvalue weighted by atomic mass is 16.2. The van der Waals surface area contributed by atoms with Gasteiger partial charge in [0.1, 0.15) is 5.69 Å². The van der Waals surface area contributed by atoms with Gasteiger partial charge in [-0.05, 0) is 32.8 Å². The van der Waals surface area contributed by atoms with Gasteiger partial charge in [0.15, 0.2) is 5.78 Å². The van der Waals surface area contributed by atoms with Crippen LogP contribution in [-0.4, -0.2) is 47.3 Å². The third-order valence-corrected chi connectivity index (χ3v) is 3.97. The summed E-state index contributed by atoms with van der Waals surface area (Å²) in [7, 11) is 0. The molecular weight excluding hydrogens is 254 g/mol. The van der Waals surface area contributed by atoms with Crippen molar-refractivity contribution < 1.29 is 9.59 Å². The van der Waals surface area contributed by atoms with Gasteiger partial charge in [0.25, 0.3) is 5.91 Å². The highest BCUT2D eigenvalue weighted by molar-refractivity contribution is 6.02. The predicted molar refractivity (Wildman–Crippen MR) is 78.3 cm³/mol. The average molecular weight is 277 g/mol. The normalized spacial score (nSPS) is 19.2. The lowest BCUT2D eigenvalue weighted by Gasteiger charge is -2.34. The van der Waals surface area contributed by atoms with Gasteiger partial charge in [0.05, 0.1) is 0 Å². The summed E-state index contributed by atoms with van der Waals surface area (Å²) in [5.41, 5.74) is 2.91. The number of amides is 1. The van der Waals surface area contributed by atoms with E-state index in [0.29, 0.717) is 24.2 Å². The summed E-state index contributed by atoms with van der Waals surface area (Å²) < 4.78 is 0. The summed E-state index contributed by atoms with van der Waals surface area (Å²) >= 11 is 0. The number of nitrogens with one attached hydrogen (secondary N) is 2. The second-order valence-corrected chi connectivity index (χ2v) is 5.44. The molecule has 0 aromatic carbocycles. The Kier molecular flexibility index (Phi) is 4.28. The van der Waals surface area contributed by atoms with Crippen LogP contribution in [-0.2, 0) is 6.42 Å². The molecule has 1 aliphatic rings. The zero-order valence-electron chi connectivity index (χ0n) is 12.7. The van der Waals surface area contributed by atoms with Crippen LogP contribution in [0.5, 0.6) is 0 Å². The Bertz CT molecular complexity index is 533. The highest BCUT2D eigenvalue weighted by Gasteiger charge is 2.29. The van der Waals surface area contributed by atoms with Crippen molar-refractivity contribution in [1.82, 2.24) is 15.2 Å². The molecule has 2 heterocycles. The monoisotopic (exact) mass is 277 g/mol. The van der Waals surface area contributed by atoms with Crippen molar-refractivity contribution in [1.29, 1.82) is 0 Å². The fourth-order valence-electron chi connectivity index (χ4n) is 2.98. The van der Waals surface area contributed by atoms with E-state index in [1.807, 2.05) is 25.7 Å². The molecule has 1 aromatic rings. The number of ketones is 1. The molecule has 1 unspecified atom stereocenters. The van der Waals surface area contributed by atoms with Gasteiger partial charge in [-0.1, -0.05) is 6.92 Å². The zero-order valence-corrected chi connectivity index (χ0v) is 12.7. The number of aromatic nitrogens is 1. The lowest BCUT2D eigenvalue weighted by atomic mass is 10.0. The number of carbonyl (C=O) groups is 2. The van der Waals surface area contributed by atoms with Gasteiger partial charge in [-0.2, -0.15) is 0 Å². The van der Waals surface area contributed by atoms with Crippen LogP contribution in [0.15, 0.2) is 0 Å². The fourth-order valence-corrected chi connectivity index (χ4v) is 2.98. The van der Waals surface area contributed by atoms with E-state index >= 15 is 0 Å². The summed E-state index contributed by atoms with van der Waals surface area (Å²) in [6.45, 7) is 9.76. The number of Topliss-reactive ketones (excluding diaryl/α,β-unsaturated/α-hetero) is 1. The molecule has 5 heteroatoms. The number of rotatable bonds is 3. The lowest BCUT2D eigenvalue weighted by molar-refractivity contribution is 0.0649. The maximum Gasteiger partial charge on any atom is 0.270 e. The van der Waals surface area contributed by atoms with E-state index in [1.165, 1.54) is 0 Å². The minimum atomic E-state index is 0.00597. The number of aromatic amines is 1. The third kappa shape index (κ3) is 2.50. The van der Waals surface area contributed by atoms with Crippen LogP contribution in [0.25, 0.3) is 0 Å². The lowest BCUT2D eigenvalue weighted by Crippen LogP contribution is -2.52. The van der Waals surface area contributed by atoms with Crippen molar-refractivity contribution in [2.45, 2.75) is 40.2 Å². The van der Waals surface area contributed by atoms with Crippen LogP contribution in [0.3, 0.4) is 0 Å². The Morgan fingerprint density at radius 1 is 1.40 bits per heavy atom. The summed E-state index contributed by atoms with van der Waals surface area (Å²) in [4.78, 5) is 29.5. The molecule has 0 saturated carbocycles. The molecule has 0 aliphatic carbocycles. The van der Waals surface area contributed by atoms with Crippen molar-refractivity contribution in [3.05, 3.63) is 22.5 Å². The Morgan fingerprint density at radius 3 is 2.65 bits per heavy atom. The first-order chi connectivity index (χ1) is 9.47. The molecule has 2 N–H and O–H groups in total. The number of piperazine rings is 1. The molecule has 5 nitrogen and oxygen atoms in total. The maximum absolute atomic E-state index is 12.7. The first kappa shape index (κ1) is 14.8. The Morgan fingerprint density at radius 2 is 2.10 bits per heavy atom. The molecule has 1 aromatic heterocycles. The van der Waals surface area contributed by atoms with Gasteiger partial charge >= 0.3 is 0 Å². The summed E-state index contributed by atoms with van der Waals surface area (Å²) in [5.74, 6) is 0.0226. The smallest absolute Gasteiger partial charge is 0.270 e. The number of nitrogens with zero attached hydrogens (tertiary/aromatic N) is 1. The summed E-state index contributed by atoms with van der Waals surface area (Å²) in [5, 5.41) is 3.28. The number of hydrogen-bond acceptors (Lipinski definition) is 3. The second-order valence-electron chi connectivity index (χ2n) is 5.44. The molecule has 20 heavy (non-hydrogen) atoms. The SMILES string of the molecule is CCc1c(C(=O)N2CCNCC2C)[nH]c(C)c1C(C)=O. The van der Waals surface area contributed by atoms with Gasteiger partial charge in [0, 0.05) is 36.9 Å². The number of aryl methyl sites for hydroxylation is 1. The van der Waals surface area contributed by atoms with Crippen LogP contribution in [0.2, 0.25) is 0 Å². The first-order valence-electron chi connectivity index (χ1n) is 7.21. The molecule has 0 spiro atoms. The van der Waals surface area contributed by atoms with E-state index in [9.17, 15) is 9.59 Å². The van der Waals surface area contributed by atoms with Crippen molar-refractivity contribution in [3.8, 4) is 0 Å². The van der Waals surface area contributed by atoms with Crippen molar-refractivity contribution >= 4 is 11.7 Å². The molecular formula is C15H23N3O2. The van der Waals surface area contributed by atoms with E-state index in [4.69, 9.17) is 0 Å². The Balaban J connectivity index is 2.39. The number of H-pyrrole nitrogens is 1. The number of hydrogen-bond donors (Lipinski definition) is 2. The van der Waals surface area contributed by atoms with Crippen molar-refractivity contribution in [2.24, 2.45) is 0 Å². The van der Waals surface area contributed by atoms with E-state index in [0.717, 1.165) is 24.3 Å². The van der Waals surface area contributed by atoms with E-state index < -0.39 is 0 Å². The zero-order chi connectivity index (χ0) is 14.9. The average Bonchev–Trinajstić information content (AvgIpc) is 2.75. The fraction of sp³-hybridized carbons (Fsp3) is 0.600. The quantitative estimate of drug-likeness (QED) is 0.823.